The maximum Gasteiger partial charge on any atom is 0.273 e. The predicted octanol–water partition coefficient (Wildman–Crippen LogP) is 1.68. The number of pyridine rings is 1. The van der Waals surface area contributed by atoms with Crippen molar-refractivity contribution < 1.29 is 14.4 Å². The molecule has 3 heterocycles. The van der Waals surface area contributed by atoms with Gasteiger partial charge in [0.25, 0.3) is 5.91 Å². The van der Waals surface area contributed by atoms with Crippen LogP contribution in [0.2, 0.25) is 0 Å². The van der Waals surface area contributed by atoms with Crippen LogP contribution in [0.4, 0.5) is 0 Å². The Bertz CT molecular complexity index is 719. The Morgan fingerprint density at radius 1 is 1.11 bits per heavy atom. The highest BCUT2D eigenvalue weighted by atomic mass is 16.2. The van der Waals surface area contributed by atoms with Crippen molar-refractivity contribution in [2.24, 2.45) is 5.73 Å². The molecule has 7 heteroatoms. The van der Waals surface area contributed by atoms with Gasteiger partial charge in [0.1, 0.15) is 11.7 Å². The largest absolute Gasteiger partial charge is 0.330 e. The fraction of sp³-hybridized carbons (Fsp3) is 0.600. The van der Waals surface area contributed by atoms with Crippen molar-refractivity contribution in [2.75, 3.05) is 6.54 Å². The minimum Gasteiger partial charge on any atom is -0.330 e. The lowest BCUT2D eigenvalue weighted by Crippen LogP contribution is -2.52. The average Bonchev–Trinajstić information content (AvgIpc) is 2.97. The van der Waals surface area contributed by atoms with Crippen LogP contribution >= 0.6 is 0 Å². The fourth-order valence-corrected chi connectivity index (χ4v) is 3.81. The molecule has 0 bridgehead atoms. The van der Waals surface area contributed by atoms with Gasteiger partial charge in [-0.25, -0.2) is 0 Å². The van der Waals surface area contributed by atoms with E-state index in [4.69, 9.17) is 5.73 Å². The summed E-state index contributed by atoms with van der Waals surface area (Å²) in [6, 6.07) is 1.46. The first-order valence-electron chi connectivity index (χ1n) is 9.92. The Morgan fingerprint density at radius 3 is 2.59 bits per heavy atom. The number of carbonyl (C=O) groups is 3. The van der Waals surface area contributed by atoms with Crippen LogP contribution in [0.1, 0.15) is 73.0 Å². The van der Waals surface area contributed by atoms with Crippen molar-refractivity contribution in [2.45, 2.75) is 70.4 Å². The molecular weight excluding hydrogens is 344 g/mol. The molecule has 0 aliphatic carbocycles. The summed E-state index contributed by atoms with van der Waals surface area (Å²) in [4.78, 5) is 41.9. The lowest BCUT2D eigenvalue weighted by Gasteiger charge is -2.29. The van der Waals surface area contributed by atoms with Crippen LogP contribution in [0, 0.1) is 0 Å². The molecule has 1 aromatic rings. The Balaban J connectivity index is 1.53. The van der Waals surface area contributed by atoms with E-state index < -0.39 is 6.04 Å². The molecule has 27 heavy (non-hydrogen) atoms. The van der Waals surface area contributed by atoms with E-state index in [1.165, 1.54) is 25.7 Å². The first-order valence-corrected chi connectivity index (χ1v) is 9.92. The Hall–Kier alpha value is -2.28. The number of rotatable bonds is 9. The van der Waals surface area contributed by atoms with Gasteiger partial charge in [-0.05, 0) is 37.8 Å². The number of unbranched alkanes of at least 4 members (excludes halogenated alkanes) is 5. The summed E-state index contributed by atoms with van der Waals surface area (Å²) >= 11 is 0. The van der Waals surface area contributed by atoms with Crippen LogP contribution in [0.5, 0.6) is 0 Å². The van der Waals surface area contributed by atoms with E-state index in [-0.39, 0.29) is 24.1 Å². The molecule has 1 atom stereocenters. The first kappa shape index (κ1) is 19.5. The zero-order chi connectivity index (χ0) is 19.2. The molecule has 1 fully saturated rings. The van der Waals surface area contributed by atoms with Gasteiger partial charge >= 0.3 is 0 Å². The molecule has 3 N–H and O–H groups in total. The average molecular weight is 372 g/mol. The second kappa shape index (κ2) is 9.08. The molecule has 0 saturated carbocycles. The van der Waals surface area contributed by atoms with Gasteiger partial charge in [0.05, 0.1) is 0 Å². The smallest absolute Gasteiger partial charge is 0.273 e. The minimum atomic E-state index is -0.582. The zero-order valence-electron chi connectivity index (χ0n) is 15.7. The molecular formula is C20H28N4O3. The predicted molar refractivity (Wildman–Crippen MR) is 101 cm³/mol. The topological polar surface area (TPSA) is 105 Å². The van der Waals surface area contributed by atoms with Crippen LogP contribution < -0.4 is 11.1 Å². The number of piperidine rings is 1. The van der Waals surface area contributed by atoms with Crippen molar-refractivity contribution >= 4 is 17.7 Å². The number of carbonyl (C=O) groups excluding carboxylic acids is 3. The molecule has 0 spiro atoms. The summed E-state index contributed by atoms with van der Waals surface area (Å²) in [7, 11) is 0. The molecule has 3 amide bonds. The number of aromatic nitrogens is 1. The van der Waals surface area contributed by atoms with Gasteiger partial charge in [-0.2, -0.15) is 0 Å². The molecule has 1 saturated heterocycles. The zero-order valence-corrected chi connectivity index (χ0v) is 15.7. The molecule has 3 rings (SSSR count). The lowest BCUT2D eigenvalue weighted by atomic mass is 10.0. The van der Waals surface area contributed by atoms with Gasteiger partial charge in [-0.15, -0.1) is 0 Å². The van der Waals surface area contributed by atoms with E-state index >= 15 is 0 Å². The standard InChI is InChI=1S/C20H28N4O3/c21-10-6-4-2-1-3-5-7-14-11-15-13-24(20(27)18(15)22-12-14)16-8-9-17(25)23-19(16)26/h11-12,16H,1-10,13,21H2,(H,23,25,26). The van der Waals surface area contributed by atoms with Crippen molar-refractivity contribution in [3.05, 3.63) is 29.1 Å². The maximum atomic E-state index is 12.6. The second-order valence-electron chi connectivity index (χ2n) is 7.41. The third kappa shape index (κ3) is 4.71. The number of hydrogen-bond acceptors (Lipinski definition) is 5. The summed E-state index contributed by atoms with van der Waals surface area (Å²) in [6.45, 7) is 1.16. The van der Waals surface area contributed by atoms with Gasteiger partial charge in [-0.1, -0.05) is 31.7 Å². The van der Waals surface area contributed by atoms with E-state index in [1.807, 2.05) is 6.07 Å². The summed E-state index contributed by atoms with van der Waals surface area (Å²) < 4.78 is 0. The number of imide groups is 1. The highest BCUT2D eigenvalue weighted by molar-refractivity contribution is 6.04. The normalized spacial score (nSPS) is 19.4. The number of amides is 3. The third-order valence-electron chi connectivity index (χ3n) is 5.33. The Morgan fingerprint density at radius 2 is 1.85 bits per heavy atom. The second-order valence-corrected chi connectivity index (χ2v) is 7.41. The third-order valence-corrected chi connectivity index (χ3v) is 5.33. The molecule has 0 aromatic carbocycles. The lowest BCUT2D eigenvalue weighted by molar-refractivity contribution is -0.136. The highest BCUT2D eigenvalue weighted by Gasteiger charge is 2.39. The van der Waals surface area contributed by atoms with Crippen LogP contribution in [0.25, 0.3) is 0 Å². The summed E-state index contributed by atoms with van der Waals surface area (Å²) in [6.07, 6.45) is 10.4. The van der Waals surface area contributed by atoms with Crippen LogP contribution in [0.15, 0.2) is 12.3 Å². The minimum absolute atomic E-state index is 0.217. The molecule has 0 radical (unpaired) electrons. The Labute approximate surface area is 159 Å². The van der Waals surface area contributed by atoms with Gasteiger partial charge < -0.3 is 10.6 Å². The number of nitrogens with one attached hydrogen (secondary N) is 1. The quantitative estimate of drug-likeness (QED) is 0.507. The SMILES string of the molecule is NCCCCCCCCc1cnc2c(c1)CN(C1CCC(=O)NC1=O)C2=O. The van der Waals surface area contributed by atoms with Crippen LogP contribution in [-0.4, -0.2) is 40.2 Å². The van der Waals surface area contributed by atoms with Gasteiger partial charge in [0.2, 0.25) is 11.8 Å². The van der Waals surface area contributed by atoms with Crippen molar-refractivity contribution in [3.8, 4) is 0 Å². The molecule has 2 aliphatic heterocycles. The molecule has 2 aliphatic rings. The number of aryl methyl sites for hydroxylation is 1. The number of fused-ring (bicyclic) bond motifs is 1. The maximum absolute atomic E-state index is 12.6. The number of nitrogens with two attached hydrogens (primary N) is 1. The summed E-state index contributed by atoms with van der Waals surface area (Å²) in [5.41, 5.74) is 7.95. The van der Waals surface area contributed by atoms with E-state index in [1.54, 1.807) is 11.1 Å². The molecule has 1 aromatic heterocycles. The van der Waals surface area contributed by atoms with Crippen LogP contribution in [0.3, 0.4) is 0 Å². The number of nitrogens with zero attached hydrogens (tertiary/aromatic N) is 2. The Kier molecular flexibility index (Phi) is 6.55. The van der Waals surface area contributed by atoms with Crippen LogP contribution in [-0.2, 0) is 22.6 Å². The monoisotopic (exact) mass is 372 g/mol. The fourth-order valence-electron chi connectivity index (χ4n) is 3.81. The summed E-state index contributed by atoms with van der Waals surface area (Å²) in [5.74, 6) is -0.878. The molecule has 7 nitrogen and oxygen atoms in total. The van der Waals surface area contributed by atoms with E-state index in [9.17, 15) is 14.4 Å². The van der Waals surface area contributed by atoms with Crippen molar-refractivity contribution in [3.63, 3.8) is 0 Å². The van der Waals surface area contributed by atoms with E-state index in [2.05, 4.69) is 10.3 Å². The van der Waals surface area contributed by atoms with Gasteiger partial charge in [0.15, 0.2) is 0 Å². The highest BCUT2D eigenvalue weighted by Crippen LogP contribution is 2.27. The van der Waals surface area contributed by atoms with Gasteiger partial charge in [0, 0.05) is 24.7 Å². The van der Waals surface area contributed by atoms with E-state index in [0.29, 0.717) is 18.7 Å². The number of hydrogen-bond donors (Lipinski definition) is 2. The van der Waals surface area contributed by atoms with E-state index in [0.717, 1.165) is 36.9 Å². The van der Waals surface area contributed by atoms with Crippen molar-refractivity contribution in [1.82, 2.24) is 15.2 Å². The summed E-state index contributed by atoms with van der Waals surface area (Å²) in [5, 5.41) is 2.32. The van der Waals surface area contributed by atoms with Crippen molar-refractivity contribution in [1.29, 1.82) is 0 Å². The molecule has 146 valence electrons. The first-order chi connectivity index (χ1) is 13.1. The molecule has 1 unspecified atom stereocenters. The van der Waals surface area contributed by atoms with Gasteiger partial charge in [-0.3, -0.25) is 24.7 Å².